The van der Waals surface area contributed by atoms with Gasteiger partial charge in [-0.2, -0.15) is 5.10 Å². The molecular weight excluding hydrogens is 652 g/mol. The normalized spacial score (nSPS) is 15.7. The first-order chi connectivity index (χ1) is 19.2. The van der Waals surface area contributed by atoms with Gasteiger partial charge in [-0.1, -0.05) is 18.7 Å². The van der Waals surface area contributed by atoms with Crippen LogP contribution in [0.15, 0.2) is 68.3 Å². The Morgan fingerprint density at radius 1 is 1.20 bits per heavy atom. The Hall–Kier alpha value is -3.55. The molecule has 0 saturated carbocycles. The summed E-state index contributed by atoms with van der Waals surface area (Å²) in [5.41, 5.74) is 4.62. The Kier molecular flexibility index (Phi) is 11.4. The van der Waals surface area contributed by atoms with Crippen LogP contribution in [0.1, 0.15) is 31.0 Å². The van der Waals surface area contributed by atoms with Crippen LogP contribution in [0.2, 0.25) is 0 Å². The Morgan fingerprint density at radius 3 is 2.58 bits per heavy atom. The number of carbonyl (C=O) groups excluding carboxylic acids is 2. The van der Waals surface area contributed by atoms with Crippen LogP contribution in [-0.4, -0.2) is 56.5 Å². The van der Waals surface area contributed by atoms with Gasteiger partial charge in [-0.15, -0.1) is 0 Å². The summed E-state index contributed by atoms with van der Waals surface area (Å²) >= 11 is 6.94. The van der Waals surface area contributed by atoms with Gasteiger partial charge in [-0.05, 0) is 81.1 Å². The summed E-state index contributed by atoms with van der Waals surface area (Å²) in [6.45, 7) is 7.64. The van der Waals surface area contributed by atoms with Crippen molar-refractivity contribution in [3.8, 4) is 17.2 Å². The largest absolute Gasteiger partial charge is 0.490 e. The number of aliphatic hydroxyl groups is 1. The molecule has 0 spiro atoms. The summed E-state index contributed by atoms with van der Waals surface area (Å²) in [6.07, 6.45) is 2.06. The maximum absolute atomic E-state index is 12.4. The van der Waals surface area contributed by atoms with Crippen molar-refractivity contribution in [1.29, 1.82) is 0 Å². The van der Waals surface area contributed by atoms with Crippen LogP contribution in [-0.2, 0) is 9.53 Å². The first-order valence-electron chi connectivity index (χ1n) is 12.1. The van der Waals surface area contributed by atoms with Crippen molar-refractivity contribution < 1.29 is 33.6 Å². The van der Waals surface area contributed by atoms with Gasteiger partial charge in [-0.3, -0.25) is 5.43 Å². The van der Waals surface area contributed by atoms with E-state index in [9.17, 15) is 14.7 Å². The van der Waals surface area contributed by atoms with Crippen LogP contribution in [0, 0.1) is 0 Å². The van der Waals surface area contributed by atoms with Crippen molar-refractivity contribution in [3.63, 3.8) is 0 Å². The highest BCUT2D eigenvalue weighted by Crippen LogP contribution is 2.36. The van der Waals surface area contributed by atoms with Gasteiger partial charge in [0.1, 0.15) is 19.0 Å². The number of methoxy groups -OCH3 is 1. The Labute approximate surface area is 248 Å². The van der Waals surface area contributed by atoms with Crippen molar-refractivity contribution in [2.45, 2.75) is 26.1 Å². The second-order valence-electron chi connectivity index (χ2n) is 8.33. The highest BCUT2D eigenvalue weighted by Gasteiger charge is 2.32. The van der Waals surface area contributed by atoms with Crippen LogP contribution in [0.3, 0.4) is 0 Å². The van der Waals surface area contributed by atoms with Crippen LogP contribution < -0.4 is 30.3 Å². The van der Waals surface area contributed by atoms with Gasteiger partial charge in [0.05, 0.1) is 40.5 Å². The number of ether oxygens (including phenoxy) is 4. The van der Waals surface area contributed by atoms with E-state index in [-0.39, 0.29) is 12.2 Å². The number of benzene rings is 2. The summed E-state index contributed by atoms with van der Waals surface area (Å²) in [6, 6.07) is 7.45. The molecular formula is C27H30Br2N4O7. The third-order valence-corrected chi connectivity index (χ3v) is 6.65. The number of esters is 1. The molecule has 40 heavy (non-hydrogen) atoms. The number of halogens is 2. The number of rotatable bonds is 13. The lowest BCUT2D eigenvalue weighted by atomic mass is 9.95. The number of allylic oxidation sites excluding steroid dienone is 1. The maximum Gasteiger partial charge on any atom is 0.337 e. The SMILES string of the molecule is C=CCOc1c(Br)cc(/C=N/N[C@H](O)COc2ccc([C@@H]3NC(=O)NC(C)=C3C(=O)OC)cc2OCC)cc1Br. The Morgan fingerprint density at radius 2 is 1.93 bits per heavy atom. The molecule has 11 nitrogen and oxygen atoms in total. The molecule has 2 aromatic carbocycles. The molecule has 1 aliphatic rings. The van der Waals surface area contributed by atoms with Gasteiger partial charge in [-0.25, -0.2) is 9.59 Å². The lowest BCUT2D eigenvalue weighted by molar-refractivity contribution is -0.136. The molecule has 0 aromatic heterocycles. The van der Waals surface area contributed by atoms with Crippen molar-refractivity contribution >= 4 is 50.1 Å². The number of hydrazone groups is 1. The topological polar surface area (TPSA) is 140 Å². The van der Waals surface area contributed by atoms with Gasteiger partial charge >= 0.3 is 12.0 Å². The molecule has 1 aliphatic heterocycles. The fraction of sp³-hybridized carbons (Fsp3) is 0.296. The molecule has 214 valence electrons. The van der Waals surface area contributed by atoms with E-state index in [1.165, 1.54) is 13.3 Å². The number of nitrogens with zero attached hydrogens (tertiary/aromatic N) is 1. The van der Waals surface area contributed by atoms with E-state index >= 15 is 0 Å². The second-order valence-corrected chi connectivity index (χ2v) is 10.0. The third-order valence-electron chi connectivity index (χ3n) is 5.48. The minimum absolute atomic E-state index is 0.144. The molecule has 0 fully saturated rings. The Balaban J connectivity index is 1.68. The predicted octanol–water partition coefficient (Wildman–Crippen LogP) is 4.30. The molecule has 13 heteroatoms. The van der Waals surface area contributed by atoms with E-state index in [2.05, 4.69) is 59.6 Å². The van der Waals surface area contributed by atoms with Gasteiger partial charge in [0, 0.05) is 5.70 Å². The predicted molar refractivity (Wildman–Crippen MR) is 157 cm³/mol. The standard InChI is InChI=1S/C27H30Br2N4O7/c1-5-9-39-25-18(28)10-16(11-19(25)29)13-30-33-22(34)14-40-20-8-7-17(12-21(20)38-6-2)24-23(26(35)37-4)15(3)31-27(36)32-24/h5,7-8,10-13,22,24,33-34H,1,6,9,14H2,2-4H3,(H2,31,32,36)/b30-13+/t22-,24+/m1/s1. The molecule has 0 aliphatic carbocycles. The van der Waals surface area contributed by atoms with Crippen molar-refractivity contribution in [1.82, 2.24) is 16.1 Å². The minimum Gasteiger partial charge on any atom is -0.490 e. The number of carbonyl (C=O) groups is 2. The lowest BCUT2D eigenvalue weighted by Gasteiger charge is -2.28. The zero-order valence-electron chi connectivity index (χ0n) is 22.1. The summed E-state index contributed by atoms with van der Waals surface area (Å²) in [5.74, 6) is 0.808. The van der Waals surface area contributed by atoms with E-state index in [1.54, 1.807) is 31.2 Å². The highest BCUT2D eigenvalue weighted by molar-refractivity contribution is 9.11. The highest BCUT2D eigenvalue weighted by atomic mass is 79.9. The van der Waals surface area contributed by atoms with Gasteiger partial charge in [0.25, 0.3) is 0 Å². The van der Waals surface area contributed by atoms with E-state index in [0.29, 0.717) is 41.7 Å². The number of hydrogen-bond acceptors (Lipinski definition) is 9. The monoisotopic (exact) mass is 680 g/mol. The number of urea groups is 1. The summed E-state index contributed by atoms with van der Waals surface area (Å²) < 4.78 is 23.5. The van der Waals surface area contributed by atoms with Crippen LogP contribution in [0.25, 0.3) is 0 Å². The molecule has 2 amide bonds. The summed E-state index contributed by atoms with van der Waals surface area (Å²) in [7, 11) is 1.27. The fourth-order valence-electron chi connectivity index (χ4n) is 3.75. The van der Waals surface area contributed by atoms with E-state index in [0.717, 1.165) is 14.5 Å². The molecule has 0 bridgehead atoms. The van der Waals surface area contributed by atoms with E-state index in [4.69, 9.17) is 18.9 Å². The van der Waals surface area contributed by atoms with E-state index < -0.39 is 24.3 Å². The van der Waals surface area contributed by atoms with Crippen molar-refractivity contribution in [3.05, 3.63) is 74.3 Å². The zero-order chi connectivity index (χ0) is 29.2. The summed E-state index contributed by atoms with van der Waals surface area (Å²) in [5, 5.41) is 19.7. The van der Waals surface area contributed by atoms with Gasteiger partial charge in [0.15, 0.2) is 17.7 Å². The number of amides is 2. The number of nitrogens with one attached hydrogen (secondary N) is 3. The quantitative estimate of drug-likeness (QED) is 0.0807. The molecule has 1 heterocycles. The zero-order valence-corrected chi connectivity index (χ0v) is 25.3. The first kappa shape index (κ1) is 31.0. The smallest absolute Gasteiger partial charge is 0.337 e. The van der Waals surface area contributed by atoms with Crippen LogP contribution >= 0.6 is 31.9 Å². The molecule has 0 radical (unpaired) electrons. The maximum atomic E-state index is 12.4. The van der Waals surface area contributed by atoms with Crippen LogP contribution in [0.4, 0.5) is 4.79 Å². The average molecular weight is 682 g/mol. The molecule has 0 unspecified atom stereocenters. The van der Waals surface area contributed by atoms with Crippen LogP contribution in [0.5, 0.6) is 17.2 Å². The Bertz CT molecular complexity index is 1290. The molecule has 2 aromatic rings. The van der Waals surface area contributed by atoms with Gasteiger partial charge < -0.3 is 34.7 Å². The minimum atomic E-state index is -1.13. The summed E-state index contributed by atoms with van der Waals surface area (Å²) in [4.78, 5) is 24.5. The first-order valence-corrected chi connectivity index (χ1v) is 13.7. The van der Waals surface area contributed by atoms with Gasteiger partial charge in [0.2, 0.25) is 0 Å². The molecule has 0 saturated heterocycles. The third kappa shape index (κ3) is 7.99. The number of aliphatic hydroxyl groups excluding tert-OH is 1. The van der Waals surface area contributed by atoms with Crippen molar-refractivity contribution in [2.24, 2.45) is 5.10 Å². The second kappa shape index (κ2) is 14.7. The molecule has 2 atom stereocenters. The average Bonchev–Trinajstić information content (AvgIpc) is 2.91. The van der Waals surface area contributed by atoms with E-state index in [1.807, 2.05) is 19.1 Å². The lowest BCUT2D eigenvalue weighted by Crippen LogP contribution is -2.45. The number of hydrogen-bond donors (Lipinski definition) is 4. The van der Waals surface area contributed by atoms with Crippen molar-refractivity contribution in [2.75, 3.05) is 26.9 Å². The fourth-order valence-corrected chi connectivity index (χ4v) is 5.20. The molecule has 3 rings (SSSR count). The molecule has 4 N–H and O–H groups in total.